The van der Waals surface area contributed by atoms with Crippen molar-refractivity contribution < 1.29 is 45.5 Å². The van der Waals surface area contributed by atoms with E-state index < -0.39 is 41.0 Å². The second kappa shape index (κ2) is 12.1. The monoisotopic (exact) mass is 600 g/mol. The van der Waals surface area contributed by atoms with Crippen LogP contribution in [0.2, 0.25) is 0 Å². The molecule has 0 spiro atoms. The Bertz CT molecular complexity index is 1190. The highest BCUT2D eigenvalue weighted by Gasteiger charge is 2.53. The second-order valence-corrected chi connectivity index (χ2v) is 10.6. The first-order valence-corrected chi connectivity index (χ1v) is 13.3. The molecule has 0 bridgehead atoms. The number of carbonyl (C=O) groups is 3. The Hall–Kier alpha value is -3.97. The van der Waals surface area contributed by atoms with Crippen LogP contribution in [-0.4, -0.2) is 37.2 Å². The van der Waals surface area contributed by atoms with E-state index in [2.05, 4.69) is 21.3 Å². The first-order valence-electron chi connectivity index (χ1n) is 13.3. The van der Waals surface area contributed by atoms with E-state index in [-0.39, 0.29) is 35.3 Å². The molecule has 2 saturated carbocycles. The van der Waals surface area contributed by atoms with Crippen molar-refractivity contribution in [1.29, 1.82) is 0 Å². The van der Waals surface area contributed by atoms with Crippen LogP contribution >= 0.6 is 0 Å². The summed E-state index contributed by atoms with van der Waals surface area (Å²) in [6, 6.07) is 6.16. The van der Waals surface area contributed by atoms with Gasteiger partial charge in [-0.05, 0) is 93.0 Å². The molecule has 2 fully saturated rings. The molecule has 4 atom stereocenters. The Morgan fingerprint density at radius 3 is 1.43 bits per heavy atom. The number of urea groups is 2. The van der Waals surface area contributed by atoms with E-state index in [1.807, 2.05) is 0 Å². The molecule has 4 amide bonds. The Labute approximate surface area is 237 Å². The highest BCUT2D eigenvalue weighted by atomic mass is 19.4. The van der Waals surface area contributed by atoms with Gasteiger partial charge in [0.25, 0.3) is 0 Å². The standard InChI is InChI=1S/C28H30F6N4O4/c1-42-23(39)26-12-10-21(37-24(40)35-19-6-2-16(3-7-19)27(29,30)31)14-18(26)15-22(11-13-26)38-25(41)36-20-8-4-17(5-9-20)28(32,33)34/h2-9,18,21-22H,10-15H2,1H3,(H2,35,37,40)(H2,36,38,41)/t18?,21-,22+,26?. The lowest BCUT2D eigenvalue weighted by atomic mass is 9.57. The van der Waals surface area contributed by atoms with Gasteiger partial charge in [-0.15, -0.1) is 0 Å². The fourth-order valence-corrected chi connectivity index (χ4v) is 5.89. The average Bonchev–Trinajstić information content (AvgIpc) is 2.92. The predicted molar refractivity (Wildman–Crippen MR) is 140 cm³/mol. The van der Waals surface area contributed by atoms with E-state index >= 15 is 0 Å². The number of benzene rings is 2. The van der Waals surface area contributed by atoms with Gasteiger partial charge in [-0.2, -0.15) is 26.3 Å². The summed E-state index contributed by atoms with van der Waals surface area (Å²) in [5, 5.41) is 10.7. The highest BCUT2D eigenvalue weighted by Crippen LogP contribution is 2.51. The van der Waals surface area contributed by atoms with Gasteiger partial charge in [0.05, 0.1) is 23.7 Å². The lowest BCUT2D eigenvalue weighted by Gasteiger charge is -2.49. The number of ether oxygens (including phenoxy) is 1. The van der Waals surface area contributed by atoms with Gasteiger partial charge >= 0.3 is 30.4 Å². The third kappa shape index (κ3) is 7.26. The summed E-state index contributed by atoms with van der Waals surface area (Å²) in [6.07, 6.45) is -6.39. The predicted octanol–water partition coefficient (Wildman–Crippen LogP) is 6.55. The van der Waals surface area contributed by atoms with Crippen molar-refractivity contribution in [3.63, 3.8) is 0 Å². The Morgan fingerprint density at radius 2 is 1.10 bits per heavy atom. The smallest absolute Gasteiger partial charge is 0.416 e. The Balaban J connectivity index is 1.35. The first-order chi connectivity index (χ1) is 19.7. The van der Waals surface area contributed by atoms with E-state index in [1.54, 1.807) is 0 Å². The first kappa shape index (κ1) is 31.0. The molecular formula is C28H30F6N4O4. The minimum atomic E-state index is -4.50. The van der Waals surface area contributed by atoms with E-state index in [0.29, 0.717) is 38.5 Å². The number of carbonyl (C=O) groups excluding carboxylic acids is 3. The number of nitrogens with one attached hydrogen (secondary N) is 4. The number of fused-ring (bicyclic) bond motifs is 1. The van der Waals surface area contributed by atoms with Crippen molar-refractivity contribution in [2.75, 3.05) is 17.7 Å². The van der Waals surface area contributed by atoms with Crippen LogP contribution in [0.25, 0.3) is 0 Å². The van der Waals surface area contributed by atoms with Crippen LogP contribution in [0.4, 0.5) is 47.3 Å². The van der Waals surface area contributed by atoms with Crippen LogP contribution < -0.4 is 21.3 Å². The summed E-state index contributed by atoms with van der Waals surface area (Å²) >= 11 is 0. The lowest BCUT2D eigenvalue weighted by Crippen LogP contribution is -2.55. The van der Waals surface area contributed by atoms with Crippen molar-refractivity contribution >= 4 is 29.4 Å². The SMILES string of the molecule is COC(=O)C12CC[C@@H](NC(=O)Nc3ccc(C(F)(F)F)cc3)CC1C[C@@H](NC(=O)Nc1ccc(C(F)(F)F)cc1)CC2. The molecule has 14 heteroatoms. The molecular weight excluding hydrogens is 570 g/mol. The van der Waals surface area contributed by atoms with Crippen LogP contribution in [0.3, 0.4) is 0 Å². The molecule has 2 aliphatic rings. The number of amides is 4. The zero-order chi connectivity index (χ0) is 30.7. The fraction of sp³-hybridized carbons (Fsp3) is 0.464. The molecule has 4 N–H and O–H groups in total. The van der Waals surface area contributed by atoms with Crippen LogP contribution in [0.5, 0.6) is 0 Å². The van der Waals surface area contributed by atoms with Crippen molar-refractivity contribution in [2.24, 2.45) is 11.3 Å². The van der Waals surface area contributed by atoms with Gasteiger partial charge < -0.3 is 26.0 Å². The molecule has 8 nitrogen and oxygen atoms in total. The third-order valence-corrected chi connectivity index (χ3v) is 8.00. The van der Waals surface area contributed by atoms with E-state index in [0.717, 1.165) is 48.5 Å². The van der Waals surface area contributed by atoms with Gasteiger partial charge in [0.1, 0.15) is 0 Å². The maximum atomic E-state index is 12.9. The number of anilines is 2. The molecule has 0 radical (unpaired) electrons. The summed E-state index contributed by atoms with van der Waals surface area (Å²) in [5.41, 5.74) is -2.11. The van der Waals surface area contributed by atoms with E-state index in [9.17, 15) is 40.7 Å². The lowest BCUT2D eigenvalue weighted by molar-refractivity contribution is -0.163. The number of hydrogen-bond donors (Lipinski definition) is 4. The molecule has 2 aliphatic carbocycles. The molecule has 0 saturated heterocycles. The Kier molecular flexibility index (Phi) is 8.92. The number of hydrogen-bond acceptors (Lipinski definition) is 4. The van der Waals surface area contributed by atoms with Crippen LogP contribution in [-0.2, 0) is 21.9 Å². The average molecular weight is 601 g/mol. The number of methoxy groups -OCH3 is 1. The topological polar surface area (TPSA) is 109 Å². The van der Waals surface area contributed by atoms with Crippen LogP contribution in [0, 0.1) is 11.3 Å². The van der Waals surface area contributed by atoms with Crippen molar-refractivity contribution in [1.82, 2.24) is 10.6 Å². The molecule has 42 heavy (non-hydrogen) atoms. The Morgan fingerprint density at radius 1 is 0.714 bits per heavy atom. The molecule has 228 valence electrons. The number of esters is 1. The molecule has 0 aliphatic heterocycles. The molecule has 2 aromatic carbocycles. The van der Waals surface area contributed by atoms with Gasteiger partial charge in [-0.1, -0.05) is 0 Å². The zero-order valence-corrected chi connectivity index (χ0v) is 22.5. The van der Waals surface area contributed by atoms with E-state index in [4.69, 9.17) is 4.74 Å². The minimum absolute atomic E-state index is 0.182. The molecule has 0 aromatic heterocycles. The van der Waals surface area contributed by atoms with Gasteiger partial charge in [0.2, 0.25) is 0 Å². The highest BCUT2D eigenvalue weighted by molar-refractivity contribution is 5.90. The van der Waals surface area contributed by atoms with E-state index in [1.165, 1.54) is 7.11 Å². The van der Waals surface area contributed by atoms with Crippen molar-refractivity contribution in [2.45, 2.75) is 63.0 Å². The number of rotatable bonds is 5. The zero-order valence-electron chi connectivity index (χ0n) is 22.5. The largest absolute Gasteiger partial charge is 0.469 e. The maximum absolute atomic E-state index is 12.9. The molecule has 4 rings (SSSR count). The molecule has 2 aromatic rings. The molecule has 2 unspecified atom stereocenters. The summed E-state index contributed by atoms with van der Waals surface area (Å²) in [6.45, 7) is 0. The molecule has 0 heterocycles. The van der Waals surface area contributed by atoms with Gasteiger partial charge in [0.15, 0.2) is 0 Å². The van der Waals surface area contributed by atoms with Gasteiger partial charge in [-0.25, -0.2) is 9.59 Å². The van der Waals surface area contributed by atoms with Crippen LogP contribution in [0.1, 0.15) is 49.7 Å². The third-order valence-electron chi connectivity index (χ3n) is 8.00. The normalized spacial score (nSPS) is 24.1. The van der Waals surface area contributed by atoms with Gasteiger partial charge in [-0.3, -0.25) is 4.79 Å². The van der Waals surface area contributed by atoms with Crippen molar-refractivity contribution in [3.8, 4) is 0 Å². The maximum Gasteiger partial charge on any atom is 0.416 e. The number of alkyl halides is 6. The quantitative estimate of drug-likeness (QED) is 0.231. The number of halogens is 6. The fourth-order valence-electron chi connectivity index (χ4n) is 5.89. The van der Waals surface area contributed by atoms with Crippen LogP contribution in [0.15, 0.2) is 48.5 Å². The second-order valence-electron chi connectivity index (χ2n) is 10.6. The minimum Gasteiger partial charge on any atom is -0.469 e. The summed E-state index contributed by atoms with van der Waals surface area (Å²) in [4.78, 5) is 38.1. The van der Waals surface area contributed by atoms with Crippen molar-refractivity contribution in [3.05, 3.63) is 59.7 Å². The summed E-state index contributed by atoms with van der Waals surface area (Å²) in [5.74, 6) is -0.631. The van der Waals surface area contributed by atoms with Gasteiger partial charge in [0, 0.05) is 23.5 Å². The summed E-state index contributed by atoms with van der Waals surface area (Å²) < 4.78 is 81.9. The summed E-state index contributed by atoms with van der Waals surface area (Å²) in [7, 11) is 1.30.